The third kappa shape index (κ3) is 4.66. The number of hydrogen-bond donors (Lipinski definition) is 0. The zero-order valence-corrected chi connectivity index (χ0v) is 15.9. The summed E-state index contributed by atoms with van der Waals surface area (Å²) >= 11 is 0. The van der Waals surface area contributed by atoms with Crippen molar-refractivity contribution < 1.29 is 9.13 Å². The molecule has 0 aliphatic carbocycles. The van der Waals surface area contributed by atoms with Crippen LogP contribution in [0.25, 0.3) is 0 Å². The van der Waals surface area contributed by atoms with E-state index >= 15 is 0 Å². The number of nitrogens with zero attached hydrogens (tertiary/aromatic N) is 2. The summed E-state index contributed by atoms with van der Waals surface area (Å²) in [5.41, 5.74) is 1.80. The topological polar surface area (TPSA) is 72.6 Å². The standard InChI is InChI=1S/C19H24N2O3S/c1-14(2)10-11-25(24,17-8-6-5-7-9-17)20-18-12-16(4)19(21(22)23)13-15(18)3/h5-9,12-14H,10-11H2,1-4H3. The highest BCUT2D eigenvalue weighted by Gasteiger charge is 2.17. The van der Waals surface area contributed by atoms with Gasteiger partial charge in [-0.3, -0.25) is 10.1 Å². The van der Waals surface area contributed by atoms with Gasteiger partial charge >= 0.3 is 0 Å². The molecule has 0 saturated heterocycles. The van der Waals surface area contributed by atoms with Crippen molar-refractivity contribution in [3.63, 3.8) is 0 Å². The molecule has 2 aromatic carbocycles. The molecular weight excluding hydrogens is 336 g/mol. The molecule has 0 spiro atoms. The lowest BCUT2D eigenvalue weighted by Gasteiger charge is -2.13. The molecule has 0 aromatic heterocycles. The Morgan fingerprint density at radius 1 is 1.12 bits per heavy atom. The summed E-state index contributed by atoms with van der Waals surface area (Å²) in [6.07, 6.45) is 0.794. The van der Waals surface area contributed by atoms with E-state index < -0.39 is 14.7 Å². The van der Waals surface area contributed by atoms with E-state index in [0.717, 1.165) is 6.42 Å². The number of benzene rings is 2. The minimum Gasteiger partial charge on any atom is -0.258 e. The molecule has 0 heterocycles. The van der Waals surface area contributed by atoms with Gasteiger partial charge in [-0.05, 0) is 49.9 Å². The van der Waals surface area contributed by atoms with E-state index in [2.05, 4.69) is 18.2 Å². The van der Waals surface area contributed by atoms with Crippen LogP contribution >= 0.6 is 0 Å². The first-order chi connectivity index (χ1) is 11.7. The van der Waals surface area contributed by atoms with Gasteiger partial charge in [0.25, 0.3) is 5.69 Å². The molecule has 0 fully saturated rings. The molecule has 5 nitrogen and oxygen atoms in total. The van der Waals surface area contributed by atoms with Gasteiger partial charge in [-0.25, -0.2) is 4.21 Å². The van der Waals surface area contributed by atoms with Crippen LogP contribution in [0.3, 0.4) is 0 Å². The third-order valence-corrected chi connectivity index (χ3v) is 6.33. The van der Waals surface area contributed by atoms with Gasteiger partial charge in [0.15, 0.2) is 0 Å². The van der Waals surface area contributed by atoms with E-state index in [0.29, 0.717) is 33.4 Å². The lowest BCUT2D eigenvalue weighted by molar-refractivity contribution is -0.385. The van der Waals surface area contributed by atoms with Gasteiger partial charge < -0.3 is 0 Å². The average molecular weight is 360 g/mol. The van der Waals surface area contributed by atoms with E-state index in [1.165, 1.54) is 6.07 Å². The molecule has 0 saturated carbocycles. The highest BCUT2D eigenvalue weighted by Crippen LogP contribution is 2.31. The molecule has 6 heteroatoms. The maximum absolute atomic E-state index is 13.6. The number of nitro benzene ring substituents is 1. The maximum Gasteiger partial charge on any atom is 0.272 e. The Hall–Kier alpha value is -2.21. The first kappa shape index (κ1) is 19.1. The summed E-state index contributed by atoms with van der Waals surface area (Å²) in [6.45, 7) is 7.62. The van der Waals surface area contributed by atoms with E-state index in [-0.39, 0.29) is 5.69 Å². The van der Waals surface area contributed by atoms with Gasteiger partial charge in [-0.1, -0.05) is 32.0 Å². The van der Waals surface area contributed by atoms with E-state index in [4.69, 9.17) is 0 Å². The largest absolute Gasteiger partial charge is 0.272 e. The van der Waals surface area contributed by atoms with Gasteiger partial charge in [-0.2, -0.15) is 4.36 Å². The van der Waals surface area contributed by atoms with Crippen LogP contribution in [0.1, 0.15) is 31.4 Å². The molecule has 0 amide bonds. The summed E-state index contributed by atoms with van der Waals surface area (Å²) in [5, 5.41) is 11.1. The Kier molecular flexibility index (Phi) is 5.95. The molecule has 0 aliphatic heterocycles. The Morgan fingerprint density at radius 3 is 2.32 bits per heavy atom. The highest BCUT2D eigenvalue weighted by atomic mass is 32.2. The molecule has 134 valence electrons. The number of hydrogen-bond acceptors (Lipinski definition) is 4. The fourth-order valence-corrected chi connectivity index (χ4v) is 4.80. The van der Waals surface area contributed by atoms with E-state index in [1.807, 2.05) is 30.3 Å². The van der Waals surface area contributed by atoms with E-state index in [9.17, 15) is 14.3 Å². The van der Waals surface area contributed by atoms with Crippen LogP contribution in [0.5, 0.6) is 0 Å². The van der Waals surface area contributed by atoms with Crippen LogP contribution in [0.2, 0.25) is 0 Å². The number of aryl methyl sites for hydroxylation is 2. The van der Waals surface area contributed by atoms with Crippen molar-refractivity contribution in [2.24, 2.45) is 10.3 Å². The SMILES string of the molecule is Cc1cc([N+](=O)[O-])c(C)cc1N=S(=O)(CCC(C)C)c1ccccc1. The Balaban J connectivity index is 2.60. The lowest BCUT2D eigenvalue weighted by atomic mass is 10.1. The fourth-order valence-electron chi connectivity index (χ4n) is 2.48. The molecule has 0 aliphatic rings. The normalized spacial score (nSPS) is 13.5. The second-order valence-electron chi connectivity index (χ2n) is 6.61. The van der Waals surface area contributed by atoms with Gasteiger partial charge in [-0.15, -0.1) is 0 Å². The van der Waals surface area contributed by atoms with Crippen molar-refractivity contribution in [2.45, 2.75) is 39.0 Å². The first-order valence-corrected chi connectivity index (χ1v) is 9.97. The molecule has 0 N–H and O–H groups in total. The summed E-state index contributed by atoms with van der Waals surface area (Å²) in [5.74, 6) is 0.879. The molecule has 0 radical (unpaired) electrons. The first-order valence-electron chi connectivity index (χ1n) is 8.28. The summed E-state index contributed by atoms with van der Waals surface area (Å²) in [7, 11) is -2.63. The summed E-state index contributed by atoms with van der Waals surface area (Å²) in [4.78, 5) is 11.4. The van der Waals surface area contributed by atoms with Crippen molar-refractivity contribution in [3.05, 3.63) is 63.7 Å². The van der Waals surface area contributed by atoms with Crippen molar-refractivity contribution in [1.82, 2.24) is 0 Å². The Labute approximate surface area is 149 Å². The average Bonchev–Trinajstić information content (AvgIpc) is 2.56. The predicted molar refractivity (Wildman–Crippen MR) is 102 cm³/mol. The Bertz CT molecular complexity index is 883. The second kappa shape index (κ2) is 7.78. The lowest BCUT2D eigenvalue weighted by Crippen LogP contribution is -2.09. The van der Waals surface area contributed by atoms with Crippen LogP contribution in [-0.4, -0.2) is 14.9 Å². The third-order valence-electron chi connectivity index (χ3n) is 4.04. The fraction of sp³-hybridized carbons (Fsp3) is 0.368. The van der Waals surface area contributed by atoms with E-state index in [1.54, 1.807) is 19.9 Å². The van der Waals surface area contributed by atoms with Crippen molar-refractivity contribution in [1.29, 1.82) is 0 Å². The van der Waals surface area contributed by atoms with Crippen LogP contribution in [0, 0.1) is 29.9 Å². The molecule has 0 bridgehead atoms. The molecule has 2 rings (SSSR count). The maximum atomic E-state index is 13.6. The van der Waals surface area contributed by atoms with Gasteiger partial charge in [0.1, 0.15) is 0 Å². The van der Waals surface area contributed by atoms with Crippen molar-refractivity contribution in [2.75, 3.05) is 5.75 Å². The molecule has 25 heavy (non-hydrogen) atoms. The molecule has 1 unspecified atom stereocenters. The number of nitro groups is 1. The van der Waals surface area contributed by atoms with Crippen molar-refractivity contribution >= 4 is 21.1 Å². The minimum absolute atomic E-state index is 0.0600. The second-order valence-corrected chi connectivity index (χ2v) is 8.96. The molecular formula is C19H24N2O3S. The molecule has 2 aromatic rings. The van der Waals surface area contributed by atoms with Crippen LogP contribution in [-0.2, 0) is 9.73 Å². The predicted octanol–water partition coefficient (Wildman–Crippen LogP) is 5.42. The van der Waals surface area contributed by atoms with Gasteiger partial charge in [0.2, 0.25) is 0 Å². The summed E-state index contributed by atoms with van der Waals surface area (Å²) in [6, 6.07) is 12.4. The monoisotopic (exact) mass is 360 g/mol. The zero-order valence-electron chi connectivity index (χ0n) is 15.1. The summed E-state index contributed by atoms with van der Waals surface area (Å²) < 4.78 is 18.2. The molecule has 1 atom stereocenters. The quantitative estimate of drug-likeness (QED) is 0.510. The van der Waals surface area contributed by atoms with Gasteiger partial charge in [0.05, 0.1) is 20.3 Å². The van der Waals surface area contributed by atoms with Crippen molar-refractivity contribution in [3.8, 4) is 0 Å². The van der Waals surface area contributed by atoms with Gasteiger partial charge in [0, 0.05) is 22.3 Å². The smallest absolute Gasteiger partial charge is 0.258 e. The minimum atomic E-state index is -2.63. The Morgan fingerprint density at radius 2 is 1.76 bits per heavy atom. The van der Waals surface area contributed by atoms with Crippen LogP contribution in [0.4, 0.5) is 11.4 Å². The highest BCUT2D eigenvalue weighted by molar-refractivity contribution is 7.93. The van der Waals surface area contributed by atoms with Crippen LogP contribution in [0.15, 0.2) is 51.7 Å². The number of rotatable bonds is 6. The zero-order chi connectivity index (χ0) is 18.6. The van der Waals surface area contributed by atoms with Crippen LogP contribution < -0.4 is 0 Å².